The van der Waals surface area contributed by atoms with Crippen molar-refractivity contribution in [2.75, 3.05) is 11.4 Å². The highest BCUT2D eigenvalue weighted by molar-refractivity contribution is 7.81. The average molecular weight is 258 g/mol. The summed E-state index contributed by atoms with van der Waals surface area (Å²) in [5, 5.41) is 1.16. The molecule has 1 fully saturated rings. The van der Waals surface area contributed by atoms with Gasteiger partial charge in [-0.2, -0.15) is 12.6 Å². The van der Waals surface area contributed by atoms with Gasteiger partial charge in [-0.05, 0) is 30.7 Å². The lowest BCUT2D eigenvalue weighted by Crippen LogP contribution is -2.25. The summed E-state index contributed by atoms with van der Waals surface area (Å²) in [5.41, 5.74) is 3.02. The van der Waals surface area contributed by atoms with Gasteiger partial charge in [0.2, 0.25) is 5.91 Å². The van der Waals surface area contributed by atoms with Crippen LogP contribution in [-0.4, -0.2) is 22.7 Å². The third-order valence-corrected chi connectivity index (χ3v) is 3.68. The highest BCUT2D eigenvalue weighted by Crippen LogP contribution is 2.33. The summed E-state index contributed by atoms with van der Waals surface area (Å²) in [7, 11) is 0. The molecule has 1 saturated heterocycles. The van der Waals surface area contributed by atoms with E-state index in [0.717, 1.165) is 22.2 Å². The van der Waals surface area contributed by atoms with Crippen molar-refractivity contribution in [2.45, 2.75) is 18.6 Å². The Morgan fingerprint density at radius 2 is 2.22 bits per heavy atom. The number of carbonyl (C=O) groups excluding carboxylic acids is 1. The number of thiol groups is 1. The molecule has 0 bridgehead atoms. The van der Waals surface area contributed by atoms with E-state index in [1.54, 1.807) is 6.20 Å². The summed E-state index contributed by atoms with van der Waals surface area (Å²) >= 11 is 4.41. The van der Waals surface area contributed by atoms with E-state index in [1.807, 2.05) is 36.1 Å². The molecule has 1 aliphatic heterocycles. The van der Waals surface area contributed by atoms with Crippen molar-refractivity contribution >= 4 is 35.1 Å². The van der Waals surface area contributed by atoms with Gasteiger partial charge in [-0.1, -0.05) is 6.07 Å². The van der Waals surface area contributed by atoms with Crippen LogP contribution in [0.25, 0.3) is 10.9 Å². The number of benzene rings is 1. The van der Waals surface area contributed by atoms with E-state index in [0.29, 0.717) is 13.0 Å². The third kappa shape index (κ3) is 1.77. The predicted molar refractivity (Wildman–Crippen MR) is 76.2 cm³/mol. The van der Waals surface area contributed by atoms with Gasteiger partial charge < -0.3 is 4.90 Å². The van der Waals surface area contributed by atoms with Gasteiger partial charge in [-0.3, -0.25) is 9.78 Å². The molecule has 3 nitrogen and oxygen atoms in total. The minimum Gasteiger partial charge on any atom is -0.310 e. The second kappa shape index (κ2) is 4.28. The van der Waals surface area contributed by atoms with Crippen LogP contribution >= 0.6 is 12.6 Å². The number of hydrogen-bond donors (Lipinski definition) is 1. The summed E-state index contributed by atoms with van der Waals surface area (Å²) in [4.78, 5) is 18.2. The van der Waals surface area contributed by atoms with Gasteiger partial charge in [-0.25, -0.2) is 0 Å². The van der Waals surface area contributed by atoms with Crippen LogP contribution in [-0.2, 0) is 4.79 Å². The number of aromatic nitrogens is 1. The first-order chi connectivity index (χ1) is 8.66. The van der Waals surface area contributed by atoms with Crippen LogP contribution in [0.15, 0.2) is 30.5 Å². The Hall–Kier alpha value is -1.55. The maximum atomic E-state index is 12.0. The maximum Gasteiger partial charge on any atom is 0.228 e. The minimum absolute atomic E-state index is 0.129. The summed E-state index contributed by atoms with van der Waals surface area (Å²) in [6.45, 7) is 2.71. The highest BCUT2D eigenvalue weighted by atomic mass is 32.1. The van der Waals surface area contributed by atoms with E-state index in [9.17, 15) is 4.79 Å². The van der Waals surface area contributed by atoms with Crippen LogP contribution in [0.5, 0.6) is 0 Å². The Morgan fingerprint density at radius 3 is 2.94 bits per heavy atom. The van der Waals surface area contributed by atoms with Gasteiger partial charge in [0.25, 0.3) is 0 Å². The molecule has 92 valence electrons. The summed E-state index contributed by atoms with van der Waals surface area (Å²) < 4.78 is 0. The van der Waals surface area contributed by atoms with Crippen molar-refractivity contribution in [1.82, 2.24) is 4.98 Å². The van der Waals surface area contributed by atoms with Gasteiger partial charge in [-0.15, -0.1) is 0 Å². The predicted octanol–water partition coefficient (Wildman–Crippen LogP) is 2.58. The fourth-order valence-corrected chi connectivity index (χ4v) is 2.83. The average Bonchev–Trinajstić information content (AvgIpc) is 2.68. The maximum absolute atomic E-state index is 12.0. The standard InChI is InChI=1S/C14H14N2OS/c1-9-4-5-12-11(3-2-6-15-12)14(9)16-8-10(18)7-13(16)17/h2-6,10,18H,7-8H2,1H3. The van der Waals surface area contributed by atoms with E-state index in [2.05, 4.69) is 17.6 Å². The fraction of sp³-hybridized carbons (Fsp3) is 0.286. The Balaban J connectivity index is 2.22. The van der Waals surface area contributed by atoms with Crippen molar-refractivity contribution in [3.05, 3.63) is 36.0 Å². The molecule has 1 unspecified atom stereocenters. The van der Waals surface area contributed by atoms with Crippen molar-refractivity contribution in [2.24, 2.45) is 0 Å². The molecule has 2 heterocycles. The molecule has 0 N–H and O–H groups in total. The first kappa shape index (κ1) is 11.5. The molecule has 1 amide bonds. The lowest BCUT2D eigenvalue weighted by Gasteiger charge is -2.20. The monoisotopic (exact) mass is 258 g/mol. The molecular formula is C14H14N2OS. The first-order valence-corrected chi connectivity index (χ1v) is 6.51. The molecule has 1 aliphatic rings. The van der Waals surface area contributed by atoms with Gasteiger partial charge in [0, 0.05) is 29.8 Å². The second-order valence-corrected chi connectivity index (χ2v) is 5.39. The Morgan fingerprint density at radius 1 is 1.39 bits per heavy atom. The topological polar surface area (TPSA) is 33.2 Å². The van der Waals surface area contributed by atoms with Crippen molar-refractivity contribution in [3.8, 4) is 0 Å². The molecular weight excluding hydrogens is 244 g/mol. The zero-order chi connectivity index (χ0) is 12.7. The van der Waals surface area contributed by atoms with E-state index < -0.39 is 0 Å². The Labute approximate surface area is 111 Å². The van der Waals surface area contributed by atoms with E-state index in [4.69, 9.17) is 0 Å². The minimum atomic E-state index is 0.129. The Kier molecular flexibility index (Phi) is 2.74. The van der Waals surface area contributed by atoms with Gasteiger partial charge in [0.1, 0.15) is 0 Å². The number of anilines is 1. The van der Waals surface area contributed by atoms with E-state index >= 15 is 0 Å². The lowest BCUT2D eigenvalue weighted by atomic mass is 10.1. The van der Waals surface area contributed by atoms with Crippen LogP contribution in [0.1, 0.15) is 12.0 Å². The highest BCUT2D eigenvalue weighted by Gasteiger charge is 2.30. The van der Waals surface area contributed by atoms with Crippen LogP contribution in [0.2, 0.25) is 0 Å². The van der Waals surface area contributed by atoms with Crippen molar-refractivity contribution < 1.29 is 4.79 Å². The largest absolute Gasteiger partial charge is 0.310 e. The third-order valence-electron chi connectivity index (χ3n) is 3.33. The zero-order valence-corrected chi connectivity index (χ0v) is 11.0. The van der Waals surface area contributed by atoms with Crippen LogP contribution in [0.4, 0.5) is 5.69 Å². The molecule has 0 saturated carbocycles. The van der Waals surface area contributed by atoms with Crippen LogP contribution in [0, 0.1) is 6.92 Å². The number of amides is 1. The normalized spacial score (nSPS) is 19.8. The zero-order valence-electron chi connectivity index (χ0n) is 10.1. The molecule has 1 aromatic heterocycles. The molecule has 2 aromatic rings. The number of fused-ring (bicyclic) bond motifs is 1. The molecule has 0 aliphatic carbocycles. The van der Waals surface area contributed by atoms with Crippen LogP contribution in [0.3, 0.4) is 0 Å². The number of aryl methyl sites for hydroxylation is 1. The number of carbonyl (C=O) groups is 1. The fourth-order valence-electron chi connectivity index (χ4n) is 2.51. The molecule has 18 heavy (non-hydrogen) atoms. The summed E-state index contributed by atoms with van der Waals surface area (Å²) in [6, 6.07) is 7.93. The number of nitrogens with zero attached hydrogens (tertiary/aromatic N) is 2. The molecule has 0 spiro atoms. The smallest absolute Gasteiger partial charge is 0.228 e. The van der Waals surface area contributed by atoms with Gasteiger partial charge >= 0.3 is 0 Å². The number of hydrogen-bond acceptors (Lipinski definition) is 3. The molecule has 3 rings (SSSR count). The van der Waals surface area contributed by atoms with Gasteiger partial charge in [0.05, 0.1) is 11.2 Å². The van der Waals surface area contributed by atoms with E-state index in [-0.39, 0.29) is 11.2 Å². The van der Waals surface area contributed by atoms with Crippen molar-refractivity contribution in [1.29, 1.82) is 0 Å². The van der Waals surface area contributed by atoms with Crippen LogP contribution < -0.4 is 4.90 Å². The second-order valence-electron chi connectivity index (χ2n) is 4.66. The Bertz CT molecular complexity index is 626. The first-order valence-electron chi connectivity index (χ1n) is 5.99. The SMILES string of the molecule is Cc1ccc2ncccc2c1N1CC(S)CC1=O. The number of rotatable bonds is 1. The summed E-state index contributed by atoms with van der Waals surface area (Å²) in [6.07, 6.45) is 2.29. The molecule has 4 heteroatoms. The van der Waals surface area contributed by atoms with Crippen molar-refractivity contribution in [3.63, 3.8) is 0 Å². The quantitative estimate of drug-likeness (QED) is 0.798. The molecule has 1 atom stereocenters. The molecule has 1 aromatic carbocycles. The number of pyridine rings is 1. The summed E-state index contributed by atoms with van der Waals surface area (Å²) in [5.74, 6) is 0.148. The lowest BCUT2D eigenvalue weighted by molar-refractivity contribution is -0.117. The molecule has 0 radical (unpaired) electrons. The van der Waals surface area contributed by atoms with Gasteiger partial charge in [0.15, 0.2) is 0 Å². The van der Waals surface area contributed by atoms with E-state index in [1.165, 1.54) is 0 Å².